The average molecular weight is 635 g/mol. The summed E-state index contributed by atoms with van der Waals surface area (Å²) in [4.78, 5) is 12.9. The first-order chi connectivity index (χ1) is 20.4. The largest absolute Gasteiger partial charge is 1.00 e. The van der Waals surface area contributed by atoms with Crippen LogP contribution in [0.25, 0.3) is 0 Å². The Morgan fingerprint density at radius 3 is 2.23 bits per heavy atom. The van der Waals surface area contributed by atoms with Crippen molar-refractivity contribution in [1.29, 1.82) is 0 Å². The van der Waals surface area contributed by atoms with E-state index in [2.05, 4.69) is 0 Å². The van der Waals surface area contributed by atoms with Crippen LogP contribution >= 0.6 is 0 Å². The van der Waals surface area contributed by atoms with Crippen LogP contribution in [0, 0.1) is 0 Å². The third kappa shape index (κ3) is 6.79. The number of carbonyl (C=O) groups is 1. The van der Waals surface area contributed by atoms with Gasteiger partial charge in [0.05, 0.1) is 26.2 Å². The minimum absolute atomic E-state index is 0. The summed E-state index contributed by atoms with van der Waals surface area (Å²) < 4.78 is 33.1. The predicted octanol–water partition coefficient (Wildman–Crippen LogP) is -4.04. The van der Waals surface area contributed by atoms with E-state index in [9.17, 15) is 45.6 Å². The van der Waals surface area contributed by atoms with E-state index in [1.54, 1.807) is 6.07 Å². The van der Waals surface area contributed by atoms with Crippen molar-refractivity contribution in [1.82, 2.24) is 0 Å². The van der Waals surface area contributed by atoms with Crippen LogP contribution in [0.3, 0.4) is 0 Å². The van der Waals surface area contributed by atoms with Crippen LogP contribution in [0.1, 0.15) is 36.8 Å². The number of ketones is 1. The van der Waals surface area contributed by atoms with Gasteiger partial charge in [-0.05, 0) is 24.6 Å². The number of carbonyl (C=O) groups excluding carboxylic acids is 1. The number of aliphatic hydroxyl groups is 6. The molecule has 238 valence electrons. The molecule has 2 saturated heterocycles. The van der Waals surface area contributed by atoms with Crippen molar-refractivity contribution in [3.8, 4) is 28.7 Å². The van der Waals surface area contributed by atoms with Gasteiger partial charge in [-0.1, -0.05) is 6.07 Å². The molecular weight excluding hydrogens is 599 g/mol. The SMILES string of the molecule is COc1ccc([C@@H]2CC(=O)c3c(O)cc(O[C@@H]4O[C@H](CO[C@@H]5O[C@@H](C)[C@H](O)[C@@H](O)[C@H]5O)[C@@H](O)[C@H](O)[C@H]4O)cc3O2)cc1O.[H-].[Na+]. The molecule has 0 spiro atoms. The Hall–Kier alpha value is -2.25. The molecule has 2 aromatic rings. The Morgan fingerprint density at radius 1 is 0.864 bits per heavy atom. The Bertz CT molecular complexity index is 1330. The van der Waals surface area contributed by atoms with Gasteiger partial charge in [0.25, 0.3) is 0 Å². The summed E-state index contributed by atoms with van der Waals surface area (Å²) in [6, 6.07) is 6.90. The van der Waals surface area contributed by atoms with E-state index in [-0.39, 0.29) is 66.0 Å². The van der Waals surface area contributed by atoms with Crippen molar-refractivity contribution in [3.63, 3.8) is 0 Å². The minimum atomic E-state index is -1.77. The molecule has 3 aliphatic rings. The second-order valence-corrected chi connectivity index (χ2v) is 10.6. The van der Waals surface area contributed by atoms with E-state index in [0.29, 0.717) is 5.56 Å². The van der Waals surface area contributed by atoms with Crippen molar-refractivity contribution in [2.24, 2.45) is 0 Å². The fraction of sp³-hybridized carbons (Fsp3) is 0.536. The van der Waals surface area contributed by atoms with Gasteiger partial charge in [0.1, 0.15) is 71.6 Å². The minimum Gasteiger partial charge on any atom is -1.00 e. The molecule has 0 radical (unpaired) electrons. The van der Waals surface area contributed by atoms with Crippen molar-refractivity contribution in [2.75, 3.05) is 13.7 Å². The maximum atomic E-state index is 12.9. The van der Waals surface area contributed by atoms with Crippen LogP contribution in [0.15, 0.2) is 30.3 Å². The molecule has 44 heavy (non-hydrogen) atoms. The summed E-state index contributed by atoms with van der Waals surface area (Å²) in [7, 11) is 1.39. The molecule has 0 saturated carbocycles. The fourth-order valence-electron chi connectivity index (χ4n) is 5.20. The van der Waals surface area contributed by atoms with E-state index in [4.69, 9.17) is 28.4 Å². The molecule has 0 aliphatic carbocycles. The van der Waals surface area contributed by atoms with Gasteiger partial charge in [0, 0.05) is 12.1 Å². The van der Waals surface area contributed by atoms with E-state index >= 15 is 0 Å². The predicted molar refractivity (Wildman–Crippen MR) is 142 cm³/mol. The molecule has 15 nitrogen and oxygen atoms in total. The van der Waals surface area contributed by atoms with Crippen LogP contribution < -0.4 is 43.8 Å². The number of fused-ring (bicyclic) bond motifs is 1. The zero-order valence-electron chi connectivity index (χ0n) is 25.1. The first-order valence-corrected chi connectivity index (χ1v) is 13.5. The molecule has 0 bridgehead atoms. The molecule has 11 atom stereocenters. The number of benzene rings is 2. The number of aliphatic hydroxyl groups excluding tert-OH is 6. The number of phenols is 2. The smallest absolute Gasteiger partial charge is 1.00 e. The second kappa shape index (κ2) is 14.0. The van der Waals surface area contributed by atoms with Gasteiger partial charge in [0.2, 0.25) is 6.29 Å². The summed E-state index contributed by atoms with van der Waals surface area (Å²) in [5, 5.41) is 82.2. The number of rotatable bonds is 7. The molecule has 5 rings (SSSR count). The van der Waals surface area contributed by atoms with Crippen molar-refractivity contribution < 1.29 is 105 Å². The first-order valence-electron chi connectivity index (χ1n) is 13.5. The molecule has 0 unspecified atom stereocenters. The van der Waals surface area contributed by atoms with Gasteiger partial charge in [-0.3, -0.25) is 4.79 Å². The number of ether oxygens (including phenoxy) is 6. The zero-order chi connectivity index (χ0) is 31.2. The molecule has 8 N–H and O–H groups in total. The van der Waals surface area contributed by atoms with Gasteiger partial charge >= 0.3 is 29.6 Å². The Kier molecular flexibility index (Phi) is 11.0. The molecule has 0 amide bonds. The van der Waals surface area contributed by atoms with Crippen LogP contribution in [0.5, 0.6) is 28.7 Å². The Morgan fingerprint density at radius 2 is 1.55 bits per heavy atom. The molecule has 3 heterocycles. The monoisotopic (exact) mass is 634 g/mol. The van der Waals surface area contributed by atoms with Crippen molar-refractivity contribution >= 4 is 5.78 Å². The molecule has 3 aliphatic heterocycles. The van der Waals surface area contributed by atoms with Crippen LogP contribution in [-0.2, 0) is 14.2 Å². The summed E-state index contributed by atoms with van der Waals surface area (Å²) in [5.74, 6) is -0.999. The van der Waals surface area contributed by atoms with Gasteiger partial charge in [0.15, 0.2) is 23.6 Å². The third-order valence-electron chi connectivity index (χ3n) is 7.70. The fourth-order valence-corrected chi connectivity index (χ4v) is 5.20. The molecule has 0 aromatic heterocycles. The quantitative estimate of drug-likeness (QED) is 0.135. The Balaban J connectivity index is 0.00000276. The van der Waals surface area contributed by atoms with Crippen LogP contribution in [-0.4, -0.2) is 122 Å². The summed E-state index contributed by atoms with van der Waals surface area (Å²) >= 11 is 0. The topological polar surface area (TPSA) is 234 Å². The first kappa shape index (κ1) is 34.6. The molecular formula is C28H35NaO15. The number of aromatic hydroxyl groups is 2. The van der Waals surface area contributed by atoms with E-state index in [1.807, 2.05) is 0 Å². The molecule has 16 heteroatoms. The summed E-state index contributed by atoms with van der Waals surface area (Å²) in [6.07, 6.45) is -15.9. The Labute approximate surface area is 274 Å². The van der Waals surface area contributed by atoms with E-state index < -0.39 is 85.7 Å². The number of hydrogen-bond acceptors (Lipinski definition) is 15. The number of Topliss-reactive ketones (excluding diaryl/α,β-unsaturated/α-hetero) is 1. The van der Waals surface area contributed by atoms with Crippen LogP contribution in [0.2, 0.25) is 0 Å². The number of hydrogen-bond donors (Lipinski definition) is 8. The summed E-state index contributed by atoms with van der Waals surface area (Å²) in [5.41, 5.74) is 0.373. The average Bonchev–Trinajstić information content (AvgIpc) is 2.97. The van der Waals surface area contributed by atoms with Gasteiger partial charge in [-0.25, -0.2) is 0 Å². The molecule has 2 aromatic carbocycles. The van der Waals surface area contributed by atoms with E-state index in [1.165, 1.54) is 32.2 Å². The number of methoxy groups -OCH3 is 1. The van der Waals surface area contributed by atoms with Gasteiger partial charge in [-0.15, -0.1) is 0 Å². The maximum absolute atomic E-state index is 12.9. The number of phenolic OH excluding ortho intramolecular Hbond substituents is 2. The zero-order valence-corrected chi connectivity index (χ0v) is 26.1. The molecule has 2 fully saturated rings. The van der Waals surface area contributed by atoms with Crippen LogP contribution in [0.4, 0.5) is 0 Å². The standard InChI is InChI=1S/C28H34O15.Na.H/c1-10-21(32)23(34)25(36)27(40-10)39-9-19-22(33)24(35)26(37)28(43-19)41-12-6-14(30)20-15(31)8-17(42-18(20)7-12)11-3-4-16(38-2)13(29)5-11;;/h3-7,10,17,19,21-30,32-37H,8-9H2,1-2H3;;/q;+1;-1/t10-,17-,19+,21-,22+,23+,24-,25+,26+,27+,28+;;/m0../s1. The maximum Gasteiger partial charge on any atom is 1.00 e. The van der Waals surface area contributed by atoms with E-state index in [0.717, 1.165) is 6.07 Å². The second-order valence-electron chi connectivity index (χ2n) is 10.6. The van der Waals surface area contributed by atoms with Crippen molar-refractivity contribution in [3.05, 3.63) is 41.5 Å². The van der Waals surface area contributed by atoms with Gasteiger partial charge in [-0.2, -0.15) is 0 Å². The third-order valence-corrected chi connectivity index (χ3v) is 7.70. The van der Waals surface area contributed by atoms with Gasteiger partial charge < -0.3 is 70.7 Å². The summed E-state index contributed by atoms with van der Waals surface area (Å²) in [6.45, 7) is 0.964. The van der Waals surface area contributed by atoms with Crippen molar-refractivity contribution in [2.45, 2.75) is 80.9 Å². The normalized spacial score (nSPS) is 35.2.